The second kappa shape index (κ2) is 4.63. The van der Waals surface area contributed by atoms with Gasteiger partial charge in [0.05, 0.1) is 0 Å². The largest absolute Gasteiger partial charge is 0.304 e. The molecule has 16 heavy (non-hydrogen) atoms. The van der Waals surface area contributed by atoms with Crippen molar-refractivity contribution >= 4 is 0 Å². The van der Waals surface area contributed by atoms with Gasteiger partial charge in [-0.2, -0.15) is 0 Å². The van der Waals surface area contributed by atoms with Crippen LogP contribution >= 0.6 is 0 Å². The maximum absolute atomic E-state index is 2.74. The zero-order valence-electron chi connectivity index (χ0n) is 10.6. The summed E-state index contributed by atoms with van der Waals surface area (Å²) in [4.78, 5) is 7.92. The van der Waals surface area contributed by atoms with Crippen molar-refractivity contribution in [2.75, 3.05) is 46.3 Å². The van der Waals surface area contributed by atoms with Gasteiger partial charge in [-0.3, -0.25) is 4.90 Å². The third-order valence-corrected chi connectivity index (χ3v) is 4.62. The molecule has 2 saturated heterocycles. The molecule has 92 valence electrons. The van der Waals surface area contributed by atoms with E-state index >= 15 is 0 Å². The maximum atomic E-state index is 2.74. The predicted octanol–water partition coefficient (Wildman–Crippen LogP) is 0.861. The molecular weight excluding hydrogens is 198 g/mol. The summed E-state index contributed by atoms with van der Waals surface area (Å²) in [6, 6.07) is 1.87. The first-order chi connectivity index (χ1) is 7.83. The first-order valence-electron chi connectivity index (χ1n) is 6.99. The third-order valence-electron chi connectivity index (χ3n) is 4.62. The summed E-state index contributed by atoms with van der Waals surface area (Å²) >= 11 is 0. The fourth-order valence-corrected chi connectivity index (χ4v) is 3.24. The number of likely N-dealkylation sites (N-methyl/N-ethyl adjacent to an activating group) is 1. The lowest BCUT2D eigenvalue weighted by Crippen LogP contribution is -2.52. The number of piperazine rings is 1. The van der Waals surface area contributed by atoms with Crippen LogP contribution in [0.1, 0.15) is 25.7 Å². The van der Waals surface area contributed by atoms with E-state index in [-0.39, 0.29) is 0 Å². The Balaban J connectivity index is 1.46. The lowest BCUT2D eigenvalue weighted by molar-refractivity contribution is 0.0656. The highest BCUT2D eigenvalue weighted by molar-refractivity contribution is 4.90. The third kappa shape index (κ3) is 2.41. The van der Waals surface area contributed by atoms with Gasteiger partial charge in [-0.25, -0.2) is 0 Å². The number of rotatable bonds is 2. The van der Waals surface area contributed by atoms with Gasteiger partial charge < -0.3 is 9.80 Å². The predicted molar refractivity (Wildman–Crippen MR) is 66.7 cm³/mol. The van der Waals surface area contributed by atoms with E-state index in [1.807, 2.05) is 0 Å². The van der Waals surface area contributed by atoms with Gasteiger partial charge in [0.25, 0.3) is 0 Å². The number of likely N-dealkylation sites (tertiary alicyclic amines) is 1. The molecule has 3 aliphatic rings. The second-order valence-corrected chi connectivity index (χ2v) is 5.84. The van der Waals surface area contributed by atoms with Crippen LogP contribution in [0.4, 0.5) is 0 Å². The Bertz CT molecular complexity index is 223. The normalized spacial score (nSPS) is 32.1. The monoisotopic (exact) mass is 223 g/mol. The minimum absolute atomic E-state index is 0.892. The Labute approximate surface area is 99.4 Å². The molecular formula is C13H25N3. The summed E-state index contributed by atoms with van der Waals surface area (Å²) < 4.78 is 0. The molecule has 3 fully saturated rings. The first kappa shape index (κ1) is 11.0. The molecule has 0 bridgehead atoms. The van der Waals surface area contributed by atoms with Crippen molar-refractivity contribution < 1.29 is 0 Å². The van der Waals surface area contributed by atoms with E-state index in [4.69, 9.17) is 0 Å². The molecule has 3 rings (SSSR count). The van der Waals surface area contributed by atoms with E-state index in [1.54, 1.807) is 0 Å². The standard InChI is InChI=1S/C13H25N3/c1-14-8-10-16(11-9-14)13-4-6-15(7-5-13)12-2-3-12/h12-13H,2-11H2,1H3. The lowest BCUT2D eigenvalue weighted by Gasteiger charge is -2.42. The van der Waals surface area contributed by atoms with Crippen molar-refractivity contribution in [2.45, 2.75) is 37.8 Å². The Kier molecular flexibility index (Phi) is 3.18. The van der Waals surface area contributed by atoms with Gasteiger partial charge in [0, 0.05) is 38.3 Å². The Morgan fingerprint density at radius 3 is 1.69 bits per heavy atom. The summed E-state index contributed by atoms with van der Waals surface area (Å²) in [5, 5.41) is 0. The highest BCUT2D eigenvalue weighted by atomic mass is 15.3. The Hall–Kier alpha value is -0.120. The van der Waals surface area contributed by atoms with E-state index in [0.717, 1.165) is 12.1 Å². The molecule has 2 heterocycles. The van der Waals surface area contributed by atoms with E-state index < -0.39 is 0 Å². The summed E-state index contributed by atoms with van der Waals surface area (Å²) in [5.41, 5.74) is 0. The summed E-state index contributed by atoms with van der Waals surface area (Å²) in [6.07, 6.45) is 5.78. The number of hydrogen-bond acceptors (Lipinski definition) is 3. The van der Waals surface area contributed by atoms with Gasteiger partial charge >= 0.3 is 0 Å². The quantitative estimate of drug-likeness (QED) is 0.687. The molecule has 0 unspecified atom stereocenters. The Morgan fingerprint density at radius 1 is 0.625 bits per heavy atom. The molecule has 0 radical (unpaired) electrons. The SMILES string of the molecule is CN1CCN(C2CCN(C3CC3)CC2)CC1. The minimum Gasteiger partial charge on any atom is -0.304 e. The lowest BCUT2D eigenvalue weighted by atomic mass is 10.0. The molecule has 3 heteroatoms. The average molecular weight is 223 g/mol. The molecule has 2 aliphatic heterocycles. The number of piperidine rings is 1. The smallest absolute Gasteiger partial charge is 0.0121 e. The molecule has 3 nitrogen and oxygen atoms in total. The topological polar surface area (TPSA) is 9.72 Å². The van der Waals surface area contributed by atoms with E-state index in [2.05, 4.69) is 21.7 Å². The van der Waals surface area contributed by atoms with Gasteiger partial charge in [0.2, 0.25) is 0 Å². The van der Waals surface area contributed by atoms with Gasteiger partial charge in [0.1, 0.15) is 0 Å². The zero-order chi connectivity index (χ0) is 11.0. The van der Waals surface area contributed by atoms with Crippen LogP contribution in [0.3, 0.4) is 0 Å². The Morgan fingerprint density at radius 2 is 1.12 bits per heavy atom. The summed E-state index contributed by atoms with van der Waals surface area (Å²) in [6.45, 7) is 7.85. The second-order valence-electron chi connectivity index (χ2n) is 5.84. The van der Waals surface area contributed by atoms with E-state index in [1.165, 1.54) is 65.0 Å². The van der Waals surface area contributed by atoms with Crippen LogP contribution in [0, 0.1) is 0 Å². The van der Waals surface area contributed by atoms with Gasteiger partial charge in [-0.05, 0) is 45.8 Å². The molecule has 0 aromatic rings. The van der Waals surface area contributed by atoms with Gasteiger partial charge in [0.15, 0.2) is 0 Å². The molecule has 0 aromatic carbocycles. The van der Waals surface area contributed by atoms with Crippen LogP contribution < -0.4 is 0 Å². The molecule has 0 N–H and O–H groups in total. The van der Waals surface area contributed by atoms with Crippen LogP contribution in [0.15, 0.2) is 0 Å². The highest BCUT2D eigenvalue weighted by Crippen LogP contribution is 2.30. The van der Waals surface area contributed by atoms with E-state index in [9.17, 15) is 0 Å². The molecule has 0 aromatic heterocycles. The minimum atomic E-state index is 0.892. The molecule has 1 saturated carbocycles. The van der Waals surface area contributed by atoms with Crippen molar-refractivity contribution in [3.05, 3.63) is 0 Å². The molecule has 0 amide bonds. The fourth-order valence-electron chi connectivity index (χ4n) is 3.24. The van der Waals surface area contributed by atoms with Crippen LogP contribution in [0.2, 0.25) is 0 Å². The molecule has 0 atom stereocenters. The maximum Gasteiger partial charge on any atom is 0.0121 e. The zero-order valence-corrected chi connectivity index (χ0v) is 10.6. The van der Waals surface area contributed by atoms with Gasteiger partial charge in [-0.1, -0.05) is 0 Å². The number of nitrogens with zero attached hydrogens (tertiary/aromatic N) is 3. The summed E-state index contributed by atoms with van der Waals surface area (Å²) in [5.74, 6) is 0. The van der Waals surface area contributed by atoms with Crippen LogP contribution in [-0.4, -0.2) is 73.1 Å². The number of hydrogen-bond donors (Lipinski definition) is 0. The first-order valence-corrected chi connectivity index (χ1v) is 6.99. The van der Waals surface area contributed by atoms with Crippen molar-refractivity contribution in [3.8, 4) is 0 Å². The average Bonchev–Trinajstić information content (AvgIpc) is 3.14. The van der Waals surface area contributed by atoms with Crippen LogP contribution in [0.25, 0.3) is 0 Å². The highest BCUT2D eigenvalue weighted by Gasteiger charge is 2.33. The molecule has 1 aliphatic carbocycles. The fraction of sp³-hybridized carbons (Fsp3) is 1.00. The van der Waals surface area contributed by atoms with Crippen molar-refractivity contribution in [1.82, 2.24) is 14.7 Å². The van der Waals surface area contributed by atoms with E-state index in [0.29, 0.717) is 0 Å². The van der Waals surface area contributed by atoms with Crippen molar-refractivity contribution in [3.63, 3.8) is 0 Å². The molecule has 0 spiro atoms. The van der Waals surface area contributed by atoms with Crippen LogP contribution in [-0.2, 0) is 0 Å². The van der Waals surface area contributed by atoms with Crippen molar-refractivity contribution in [1.29, 1.82) is 0 Å². The van der Waals surface area contributed by atoms with Crippen molar-refractivity contribution in [2.24, 2.45) is 0 Å². The summed E-state index contributed by atoms with van der Waals surface area (Å²) in [7, 11) is 2.24. The van der Waals surface area contributed by atoms with Gasteiger partial charge in [-0.15, -0.1) is 0 Å². The van der Waals surface area contributed by atoms with Crippen LogP contribution in [0.5, 0.6) is 0 Å².